The fourth-order valence-corrected chi connectivity index (χ4v) is 4.29. The minimum Gasteiger partial charge on any atom is -0.493 e. The summed E-state index contributed by atoms with van der Waals surface area (Å²) in [6, 6.07) is 6.38. The molecule has 1 aliphatic carbocycles. The standard InChI is InChI=1S/C22H19F4N3O2/c23-14-8-13(31-6-5-18(25)26)9-15(24)20(14)21-19(11-1-2-11)22(30)29(21)12-3-4-16-17(7-12)28-10-27-16/h3-4,7-11,18-19,21H,1-2,5-6H2,(H,27,28)/t19-,21-/m1/s1. The van der Waals surface area contributed by atoms with E-state index in [1.807, 2.05) is 0 Å². The number of ether oxygens (including phenoxy) is 1. The van der Waals surface area contributed by atoms with E-state index in [0.717, 1.165) is 30.5 Å². The molecule has 1 amide bonds. The van der Waals surface area contributed by atoms with Gasteiger partial charge in [-0.25, -0.2) is 22.5 Å². The van der Waals surface area contributed by atoms with Gasteiger partial charge in [-0.3, -0.25) is 4.79 Å². The monoisotopic (exact) mass is 433 g/mol. The molecule has 0 radical (unpaired) electrons. The van der Waals surface area contributed by atoms with E-state index in [4.69, 9.17) is 4.74 Å². The van der Waals surface area contributed by atoms with Crippen molar-refractivity contribution in [3.05, 3.63) is 53.9 Å². The molecule has 2 fully saturated rings. The maximum Gasteiger partial charge on any atom is 0.241 e. The van der Waals surface area contributed by atoms with E-state index in [0.29, 0.717) is 11.2 Å². The molecule has 1 aliphatic heterocycles. The molecular weight excluding hydrogens is 414 g/mol. The largest absolute Gasteiger partial charge is 0.493 e. The number of rotatable bonds is 7. The van der Waals surface area contributed by atoms with E-state index >= 15 is 8.78 Å². The predicted molar refractivity (Wildman–Crippen MR) is 105 cm³/mol. The van der Waals surface area contributed by atoms with Crippen LogP contribution in [0.2, 0.25) is 0 Å². The van der Waals surface area contributed by atoms with Gasteiger partial charge in [0.05, 0.1) is 35.9 Å². The molecule has 162 valence electrons. The van der Waals surface area contributed by atoms with Crippen LogP contribution < -0.4 is 9.64 Å². The Balaban J connectivity index is 1.49. The summed E-state index contributed by atoms with van der Waals surface area (Å²) in [6.45, 7) is -0.349. The molecule has 1 saturated heterocycles. The highest BCUT2D eigenvalue weighted by Crippen LogP contribution is 2.55. The van der Waals surface area contributed by atoms with Crippen molar-refractivity contribution in [1.82, 2.24) is 9.97 Å². The van der Waals surface area contributed by atoms with Gasteiger partial charge in [-0.2, -0.15) is 0 Å². The van der Waals surface area contributed by atoms with Crippen LogP contribution in [0.4, 0.5) is 23.2 Å². The quantitative estimate of drug-likeness (QED) is 0.422. The Labute approximate surface area is 175 Å². The summed E-state index contributed by atoms with van der Waals surface area (Å²) in [4.78, 5) is 21.5. The summed E-state index contributed by atoms with van der Waals surface area (Å²) in [5.74, 6) is -2.44. The number of hydrogen-bond acceptors (Lipinski definition) is 3. The number of H-pyrrole nitrogens is 1. The Morgan fingerprint density at radius 2 is 1.90 bits per heavy atom. The van der Waals surface area contributed by atoms with Crippen LogP contribution in [0.15, 0.2) is 36.7 Å². The van der Waals surface area contributed by atoms with Crippen LogP contribution in [0.25, 0.3) is 11.0 Å². The van der Waals surface area contributed by atoms with E-state index in [9.17, 15) is 13.6 Å². The lowest BCUT2D eigenvalue weighted by Crippen LogP contribution is -2.56. The molecule has 2 aliphatic rings. The number of anilines is 1. The van der Waals surface area contributed by atoms with Crippen LogP contribution >= 0.6 is 0 Å². The first kappa shape index (κ1) is 19.8. The number of benzene rings is 2. The van der Waals surface area contributed by atoms with Crippen LogP contribution in [0.3, 0.4) is 0 Å². The summed E-state index contributed by atoms with van der Waals surface area (Å²) in [5, 5.41) is 0. The van der Waals surface area contributed by atoms with Gasteiger partial charge < -0.3 is 14.6 Å². The molecule has 5 rings (SSSR count). The number of fused-ring (bicyclic) bond motifs is 1. The number of halogens is 4. The Hall–Kier alpha value is -3.10. The fraction of sp³-hybridized carbons (Fsp3) is 0.364. The summed E-state index contributed by atoms with van der Waals surface area (Å²) in [5.41, 5.74) is 1.74. The lowest BCUT2D eigenvalue weighted by atomic mass is 9.78. The minimum absolute atomic E-state index is 0.101. The van der Waals surface area contributed by atoms with E-state index in [1.165, 1.54) is 11.2 Å². The second-order valence-corrected chi connectivity index (χ2v) is 7.95. The first-order chi connectivity index (χ1) is 14.9. The highest BCUT2D eigenvalue weighted by atomic mass is 19.3. The molecule has 1 saturated carbocycles. The molecule has 0 spiro atoms. The van der Waals surface area contributed by atoms with E-state index < -0.39 is 36.4 Å². The molecule has 3 aromatic rings. The third kappa shape index (κ3) is 3.51. The Morgan fingerprint density at radius 3 is 2.58 bits per heavy atom. The third-order valence-electron chi connectivity index (χ3n) is 5.91. The number of β-lactam (4-membered cyclic amide) rings is 1. The van der Waals surface area contributed by atoms with Gasteiger partial charge in [0, 0.05) is 29.8 Å². The first-order valence-corrected chi connectivity index (χ1v) is 10.1. The average Bonchev–Trinajstić information content (AvgIpc) is 3.41. The van der Waals surface area contributed by atoms with Crippen molar-refractivity contribution in [3.8, 4) is 5.75 Å². The fourth-order valence-electron chi connectivity index (χ4n) is 4.29. The molecule has 1 aromatic heterocycles. The normalized spacial score (nSPS) is 21.1. The molecule has 0 unspecified atom stereocenters. The van der Waals surface area contributed by atoms with Gasteiger partial charge in [0.15, 0.2) is 0 Å². The number of carbonyl (C=O) groups is 1. The van der Waals surface area contributed by atoms with Gasteiger partial charge in [0.1, 0.15) is 17.4 Å². The Morgan fingerprint density at radius 1 is 1.16 bits per heavy atom. The number of imidazole rings is 1. The number of carbonyl (C=O) groups excluding carboxylic acids is 1. The number of aromatic nitrogens is 2. The summed E-state index contributed by atoms with van der Waals surface area (Å²) >= 11 is 0. The Kier molecular flexibility index (Phi) is 4.83. The van der Waals surface area contributed by atoms with Crippen LogP contribution in [0.5, 0.6) is 5.75 Å². The van der Waals surface area contributed by atoms with Crippen molar-refractivity contribution in [2.24, 2.45) is 11.8 Å². The highest BCUT2D eigenvalue weighted by molar-refractivity contribution is 6.04. The SMILES string of the molecule is O=C1[C@H](C2CC2)[C@H](c2c(F)cc(OCCC(F)F)cc2F)N1c1ccc2[nH]cnc2c1. The van der Waals surface area contributed by atoms with E-state index in [2.05, 4.69) is 9.97 Å². The zero-order valence-corrected chi connectivity index (χ0v) is 16.3. The smallest absolute Gasteiger partial charge is 0.241 e. The van der Waals surface area contributed by atoms with Gasteiger partial charge in [-0.15, -0.1) is 0 Å². The lowest BCUT2D eigenvalue weighted by molar-refractivity contribution is -0.131. The van der Waals surface area contributed by atoms with Crippen molar-refractivity contribution in [3.63, 3.8) is 0 Å². The molecule has 2 atom stereocenters. The summed E-state index contributed by atoms with van der Waals surface area (Å²) in [6.07, 6.45) is 0.127. The minimum atomic E-state index is -2.56. The number of nitrogens with one attached hydrogen (secondary N) is 1. The van der Waals surface area contributed by atoms with Gasteiger partial charge in [0.2, 0.25) is 12.3 Å². The number of hydrogen-bond donors (Lipinski definition) is 1. The van der Waals surface area contributed by atoms with E-state index in [1.54, 1.807) is 18.2 Å². The van der Waals surface area contributed by atoms with Crippen LogP contribution in [-0.4, -0.2) is 28.9 Å². The molecule has 5 nitrogen and oxygen atoms in total. The van der Waals surface area contributed by atoms with Gasteiger partial charge in [-0.1, -0.05) is 0 Å². The lowest BCUT2D eigenvalue weighted by Gasteiger charge is -2.48. The van der Waals surface area contributed by atoms with E-state index in [-0.39, 0.29) is 29.7 Å². The van der Waals surface area contributed by atoms with Gasteiger partial charge in [0.25, 0.3) is 0 Å². The van der Waals surface area contributed by atoms with Crippen molar-refractivity contribution in [2.75, 3.05) is 11.5 Å². The second-order valence-electron chi connectivity index (χ2n) is 7.95. The molecule has 9 heteroatoms. The van der Waals surface area contributed by atoms with Crippen LogP contribution in [0, 0.1) is 23.5 Å². The van der Waals surface area contributed by atoms with Gasteiger partial charge in [-0.05, 0) is 37.0 Å². The third-order valence-corrected chi connectivity index (χ3v) is 5.91. The first-order valence-electron chi connectivity index (χ1n) is 10.1. The molecule has 1 N–H and O–H groups in total. The Bertz CT molecular complexity index is 1120. The van der Waals surface area contributed by atoms with Crippen molar-refractivity contribution in [2.45, 2.75) is 31.7 Å². The van der Waals surface area contributed by atoms with Crippen molar-refractivity contribution < 1.29 is 27.1 Å². The molecule has 2 heterocycles. The van der Waals surface area contributed by atoms with Gasteiger partial charge >= 0.3 is 0 Å². The molecular formula is C22H19F4N3O2. The summed E-state index contributed by atoms with van der Waals surface area (Å²) in [7, 11) is 0. The van der Waals surface area contributed by atoms with Crippen molar-refractivity contribution in [1.29, 1.82) is 0 Å². The molecule has 31 heavy (non-hydrogen) atoms. The molecule has 0 bridgehead atoms. The zero-order chi connectivity index (χ0) is 21.7. The number of alkyl halides is 2. The number of nitrogens with zero attached hydrogens (tertiary/aromatic N) is 2. The highest BCUT2D eigenvalue weighted by Gasteiger charge is 2.56. The summed E-state index contributed by atoms with van der Waals surface area (Å²) < 4.78 is 59.7. The maximum atomic E-state index is 15.0. The zero-order valence-electron chi connectivity index (χ0n) is 16.3. The predicted octanol–water partition coefficient (Wildman–Crippen LogP) is 4.99. The van der Waals surface area contributed by atoms with Crippen molar-refractivity contribution >= 4 is 22.6 Å². The van der Waals surface area contributed by atoms with Crippen LogP contribution in [0.1, 0.15) is 30.9 Å². The number of aromatic amines is 1. The second kappa shape index (κ2) is 7.55. The number of amides is 1. The topological polar surface area (TPSA) is 58.2 Å². The molecule has 2 aromatic carbocycles. The average molecular weight is 433 g/mol. The van der Waals surface area contributed by atoms with Crippen LogP contribution in [-0.2, 0) is 4.79 Å². The maximum absolute atomic E-state index is 15.0.